The Hall–Kier alpha value is -0.610. The fraction of sp³-hybridized carbons (Fsp3) is 0.692. The van der Waals surface area contributed by atoms with Crippen LogP contribution in [0.1, 0.15) is 38.7 Å². The van der Waals surface area contributed by atoms with Crippen molar-refractivity contribution in [2.75, 3.05) is 12.3 Å². The molecule has 2 unspecified atom stereocenters. The van der Waals surface area contributed by atoms with Crippen molar-refractivity contribution in [3.8, 4) is 0 Å². The first-order chi connectivity index (χ1) is 8.15. The second-order valence-electron chi connectivity index (χ2n) is 4.41. The van der Waals surface area contributed by atoms with Crippen molar-refractivity contribution in [1.29, 1.82) is 0 Å². The first-order valence-electron chi connectivity index (χ1n) is 6.29. The lowest BCUT2D eigenvalue weighted by molar-refractivity contribution is 0.461. The molecule has 1 aromatic heterocycles. The number of furan rings is 1. The van der Waals surface area contributed by atoms with Gasteiger partial charge in [0.15, 0.2) is 0 Å². The maximum Gasteiger partial charge on any atom is 0.118 e. The van der Waals surface area contributed by atoms with Crippen LogP contribution in [-0.4, -0.2) is 16.5 Å². The van der Waals surface area contributed by atoms with Crippen molar-refractivity contribution in [2.24, 2.45) is 5.92 Å². The van der Waals surface area contributed by atoms with Gasteiger partial charge in [0.05, 0.1) is 12.3 Å². The van der Waals surface area contributed by atoms with E-state index in [9.17, 15) is 4.21 Å². The van der Waals surface area contributed by atoms with Crippen molar-refractivity contribution >= 4 is 10.8 Å². The van der Waals surface area contributed by atoms with E-state index in [0.29, 0.717) is 11.7 Å². The molecule has 0 radical (unpaired) electrons. The Morgan fingerprint density at radius 1 is 1.35 bits per heavy atom. The summed E-state index contributed by atoms with van der Waals surface area (Å²) in [6.07, 6.45) is 1.08. The topological polar surface area (TPSA) is 42.2 Å². The van der Waals surface area contributed by atoms with Crippen LogP contribution in [0, 0.1) is 5.92 Å². The quantitative estimate of drug-likeness (QED) is 0.778. The summed E-state index contributed by atoms with van der Waals surface area (Å²) in [4.78, 5) is 0. The predicted molar refractivity (Wildman–Crippen MR) is 72.3 cm³/mol. The molecule has 4 heteroatoms. The minimum absolute atomic E-state index is 0.520. The van der Waals surface area contributed by atoms with Crippen LogP contribution in [0.2, 0.25) is 0 Å². The molecule has 0 aromatic carbocycles. The van der Waals surface area contributed by atoms with Gasteiger partial charge in [-0.2, -0.15) is 0 Å². The highest BCUT2D eigenvalue weighted by Crippen LogP contribution is 2.12. The summed E-state index contributed by atoms with van der Waals surface area (Å²) in [7, 11) is -0.808. The van der Waals surface area contributed by atoms with Crippen LogP contribution in [0.3, 0.4) is 0 Å². The fourth-order valence-electron chi connectivity index (χ4n) is 1.50. The van der Waals surface area contributed by atoms with Crippen LogP contribution in [0.25, 0.3) is 0 Å². The molecule has 3 nitrogen and oxygen atoms in total. The Labute approximate surface area is 106 Å². The molecule has 0 bridgehead atoms. The summed E-state index contributed by atoms with van der Waals surface area (Å²) in [5.74, 6) is 3.57. The van der Waals surface area contributed by atoms with E-state index in [4.69, 9.17) is 4.42 Å². The van der Waals surface area contributed by atoms with E-state index in [1.54, 1.807) is 0 Å². The third-order valence-electron chi connectivity index (χ3n) is 2.74. The monoisotopic (exact) mass is 257 g/mol. The van der Waals surface area contributed by atoms with E-state index in [1.807, 2.05) is 12.1 Å². The summed E-state index contributed by atoms with van der Waals surface area (Å²) in [5.41, 5.74) is 0. The van der Waals surface area contributed by atoms with Gasteiger partial charge in [-0.3, -0.25) is 4.21 Å². The lowest BCUT2D eigenvalue weighted by Crippen LogP contribution is -2.11. The molecule has 98 valence electrons. The summed E-state index contributed by atoms with van der Waals surface area (Å²) in [6, 6.07) is 3.89. The molecule has 1 N–H and O–H groups in total. The van der Waals surface area contributed by atoms with Crippen LogP contribution in [0.4, 0.5) is 0 Å². The maximum absolute atomic E-state index is 11.8. The zero-order chi connectivity index (χ0) is 12.7. The van der Waals surface area contributed by atoms with E-state index in [1.165, 1.54) is 0 Å². The van der Waals surface area contributed by atoms with Crippen LogP contribution < -0.4 is 5.32 Å². The number of hydrogen-bond acceptors (Lipinski definition) is 3. The van der Waals surface area contributed by atoms with Gasteiger partial charge < -0.3 is 9.73 Å². The van der Waals surface area contributed by atoms with Gasteiger partial charge >= 0.3 is 0 Å². The summed E-state index contributed by atoms with van der Waals surface area (Å²) < 4.78 is 17.5. The molecular weight excluding hydrogens is 234 g/mol. The largest absolute Gasteiger partial charge is 0.464 e. The first kappa shape index (κ1) is 14.5. The van der Waals surface area contributed by atoms with Crippen molar-refractivity contribution in [2.45, 2.75) is 39.5 Å². The van der Waals surface area contributed by atoms with Gasteiger partial charge in [-0.1, -0.05) is 27.2 Å². The molecule has 0 saturated heterocycles. The Balaban J connectivity index is 2.40. The molecule has 17 heavy (non-hydrogen) atoms. The van der Waals surface area contributed by atoms with Crippen molar-refractivity contribution in [1.82, 2.24) is 5.32 Å². The number of rotatable bonds is 8. The number of nitrogens with one attached hydrogen (secondary N) is 1. The zero-order valence-corrected chi connectivity index (χ0v) is 11.8. The highest BCUT2D eigenvalue weighted by molar-refractivity contribution is 7.84. The molecule has 0 aliphatic rings. The Morgan fingerprint density at radius 3 is 2.71 bits per heavy atom. The minimum Gasteiger partial charge on any atom is -0.464 e. The van der Waals surface area contributed by atoms with Gasteiger partial charge in [-0.05, 0) is 24.6 Å². The number of hydrogen-bond donors (Lipinski definition) is 1. The van der Waals surface area contributed by atoms with Crippen molar-refractivity contribution in [3.63, 3.8) is 0 Å². The summed E-state index contributed by atoms with van der Waals surface area (Å²) in [5, 5.41) is 3.20. The maximum atomic E-state index is 11.8. The lowest BCUT2D eigenvalue weighted by Gasteiger charge is -2.06. The highest BCUT2D eigenvalue weighted by Gasteiger charge is 2.09. The second kappa shape index (κ2) is 7.67. The fourth-order valence-corrected chi connectivity index (χ4v) is 2.96. The Kier molecular flexibility index (Phi) is 6.52. The molecule has 0 fully saturated rings. The van der Waals surface area contributed by atoms with Gasteiger partial charge in [0.1, 0.15) is 11.5 Å². The van der Waals surface area contributed by atoms with Crippen LogP contribution in [-0.2, 0) is 23.1 Å². The van der Waals surface area contributed by atoms with Gasteiger partial charge in [-0.25, -0.2) is 0 Å². The van der Waals surface area contributed by atoms with Crippen LogP contribution in [0.15, 0.2) is 16.5 Å². The SMILES string of the molecule is CCNCc1ccc(CS(=O)CC(C)CC)o1. The van der Waals surface area contributed by atoms with Crippen LogP contribution in [0.5, 0.6) is 0 Å². The van der Waals surface area contributed by atoms with Gasteiger partial charge in [0, 0.05) is 16.6 Å². The molecular formula is C13H23NO2S. The van der Waals surface area contributed by atoms with Gasteiger partial charge in [0.25, 0.3) is 0 Å². The van der Waals surface area contributed by atoms with E-state index >= 15 is 0 Å². The normalized spacial score (nSPS) is 14.8. The third kappa shape index (κ3) is 5.50. The van der Waals surface area contributed by atoms with Gasteiger partial charge in [-0.15, -0.1) is 0 Å². The van der Waals surface area contributed by atoms with E-state index in [0.717, 1.165) is 36.8 Å². The van der Waals surface area contributed by atoms with Crippen LogP contribution >= 0.6 is 0 Å². The molecule has 0 amide bonds. The second-order valence-corrected chi connectivity index (χ2v) is 5.91. The molecule has 0 aliphatic carbocycles. The zero-order valence-electron chi connectivity index (χ0n) is 11.0. The van der Waals surface area contributed by atoms with Crippen molar-refractivity contribution < 1.29 is 8.63 Å². The Bertz CT molecular complexity index is 349. The molecule has 0 aliphatic heterocycles. The minimum atomic E-state index is -0.808. The van der Waals surface area contributed by atoms with E-state index < -0.39 is 10.8 Å². The average molecular weight is 257 g/mol. The van der Waals surface area contributed by atoms with E-state index in [-0.39, 0.29) is 0 Å². The molecule has 2 atom stereocenters. The smallest absolute Gasteiger partial charge is 0.118 e. The standard InChI is InChI=1S/C13H23NO2S/c1-4-11(3)9-17(15)10-13-7-6-12(16-13)8-14-5-2/h6-7,11,14H,4-5,8-10H2,1-3H3. The third-order valence-corrected chi connectivity index (χ3v) is 4.28. The first-order valence-corrected chi connectivity index (χ1v) is 7.77. The van der Waals surface area contributed by atoms with Crippen molar-refractivity contribution in [3.05, 3.63) is 23.7 Å². The Morgan fingerprint density at radius 2 is 2.06 bits per heavy atom. The summed E-state index contributed by atoms with van der Waals surface area (Å²) in [6.45, 7) is 8.00. The van der Waals surface area contributed by atoms with Gasteiger partial charge in [0.2, 0.25) is 0 Å². The molecule has 1 heterocycles. The molecule has 0 spiro atoms. The molecule has 1 rings (SSSR count). The highest BCUT2D eigenvalue weighted by atomic mass is 32.2. The molecule has 1 aromatic rings. The van der Waals surface area contributed by atoms with E-state index in [2.05, 4.69) is 26.1 Å². The molecule has 0 saturated carbocycles. The lowest BCUT2D eigenvalue weighted by atomic mass is 10.2. The summed E-state index contributed by atoms with van der Waals surface area (Å²) >= 11 is 0. The average Bonchev–Trinajstić information content (AvgIpc) is 2.73. The predicted octanol–water partition coefficient (Wildman–Crippen LogP) is 2.68.